The average molecular weight is 345 g/mol. The summed E-state index contributed by atoms with van der Waals surface area (Å²) in [5.74, 6) is 0.781. The smallest absolute Gasteiger partial charge is 0.150 e. The Labute approximate surface area is 151 Å². The van der Waals surface area contributed by atoms with Gasteiger partial charge >= 0.3 is 0 Å². The molecule has 0 heterocycles. The van der Waals surface area contributed by atoms with E-state index in [1.54, 1.807) is 0 Å². The van der Waals surface area contributed by atoms with Crippen LogP contribution in [0.5, 0.6) is 0 Å². The Morgan fingerprint density at radius 3 is 1.83 bits per heavy atom. The maximum atomic E-state index is 12.1. The van der Waals surface area contributed by atoms with Crippen LogP contribution in [0.1, 0.15) is 82.1 Å². The van der Waals surface area contributed by atoms with Gasteiger partial charge in [0.25, 0.3) is 0 Å². The summed E-state index contributed by atoms with van der Waals surface area (Å²) >= 11 is 0. The molecule has 0 aromatic carbocycles. The van der Waals surface area contributed by atoms with Gasteiger partial charge in [0, 0.05) is 31.3 Å². The van der Waals surface area contributed by atoms with Crippen molar-refractivity contribution >= 4 is 11.6 Å². The molecular formula is C20H44N2O2. The third-order valence-corrected chi connectivity index (χ3v) is 4.25. The SMILES string of the molecule is CC.CC.CCNCCC(=O)C(C)NCCC(=O)C(C)(C)C(C)C. The van der Waals surface area contributed by atoms with E-state index in [4.69, 9.17) is 0 Å². The molecule has 0 aliphatic rings. The van der Waals surface area contributed by atoms with Gasteiger partial charge in [0.15, 0.2) is 5.78 Å². The molecule has 0 rings (SSSR count). The summed E-state index contributed by atoms with van der Waals surface area (Å²) in [6.07, 6.45) is 1.02. The molecule has 4 heteroatoms. The summed E-state index contributed by atoms with van der Waals surface area (Å²) in [5.41, 5.74) is -0.292. The fraction of sp³-hybridized carbons (Fsp3) is 0.900. The van der Waals surface area contributed by atoms with Crippen molar-refractivity contribution in [2.45, 2.75) is 88.1 Å². The summed E-state index contributed by atoms with van der Waals surface area (Å²) in [4.78, 5) is 23.9. The zero-order valence-corrected chi connectivity index (χ0v) is 18.0. The lowest BCUT2D eigenvalue weighted by atomic mass is 9.76. The highest BCUT2D eigenvalue weighted by atomic mass is 16.1. The van der Waals surface area contributed by atoms with Crippen LogP contribution in [0.15, 0.2) is 0 Å². The molecule has 0 spiro atoms. The first-order chi connectivity index (χ1) is 11.2. The lowest BCUT2D eigenvalue weighted by Gasteiger charge is -2.27. The molecule has 0 fully saturated rings. The minimum atomic E-state index is -0.292. The van der Waals surface area contributed by atoms with Gasteiger partial charge in [-0.1, -0.05) is 62.3 Å². The Hall–Kier alpha value is -0.740. The van der Waals surface area contributed by atoms with Gasteiger partial charge in [0.2, 0.25) is 0 Å². The molecule has 0 saturated heterocycles. The van der Waals surface area contributed by atoms with Gasteiger partial charge in [-0.05, 0) is 19.4 Å². The molecule has 0 aromatic rings. The molecule has 4 nitrogen and oxygen atoms in total. The van der Waals surface area contributed by atoms with E-state index in [0.717, 1.165) is 13.1 Å². The third kappa shape index (κ3) is 12.7. The zero-order chi connectivity index (χ0) is 19.8. The van der Waals surface area contributed by atoms with Gasteiger partial charge in [-0.15, -0.1) is 0 Å². The fourth-order valence-electron chi connectivity index (χ4n) is 1.77. The molecule has 0 aromatic heterocycles. The number of rotatable bonds is 11. The standard InChI is InChI=1S/C16H32N2O2.2C2H6/c1-7-17-10-8-14(19)13(4)18-11-9-15(20)16(5,6)12(2)3;2*1-2/h12-13,17-18H,7-11H2,1-6H3;2*1-2H3. The second-order valence-corrected chi connectivity index (χ2v) is 6.30. The van der Waals surface area contributed by atoms with Crippen LogP contribution in [0.2, 0.25) is 0 Å². The Kier molecular flexibility index (Phi) is 20.0. The van der Waals surface area contributed by atoms with Gasteiger partial charge in [0.1, 0.15) is 5.78 Å². The number of hydrogen-bond donors (Lipinski definition) is 2. The number of carbonyl (C=O) groups is 2. The van der Waals surface area contributed by atoms with Gasteiger partial charge < -0.3 is 10.6 Å². The van der Waals surface area contributed by atoms with Gasteiger partial charge in [-0.25, -0.2) is 0 Å². The predicted molar refractivity (Wildman–Crippen MR) is 107 cm³/mol. The fourth-order valence-corrected chi connectivity index (χ4v) is 1.77. The Morgan fingerprint density at radius 2 is 1.42 bits per heavy atom. The van der Waals surface area contributed by atoms with Crippen LogP contribution in [0.4, 0.5) is 0 Å². The monoisotopic (exact) mass is 344 g/mol. The quantitative estimate of drug-likeness (QED) is 0.551. The predicted octanol–water partition coefficient (Wildman–Crippen LogP) is 4.23. The van der Waals surface area contributed by atoms with Crippen molar-refractivity contribution in [2.75, 3.05) is 19.6 Å². The number of carbonyl (C=O) groups excluding carboxylic acids is 2. The second-order valence-electron chi connectivity index (χ2n) is 6.30. The minimum absolute atomic E-state index is 0.177. The number of ketones is 2. The van der Waals surface area contributed by atoms with Crippen molar-refractivity contribution in [3.8, 4) is 0 Å². The van der Waals surface area contributed by atoms with E-state index in [9.17, 15) is 9.59 Å². The summed E-state index contributed by atoms with van der Waals surface area (Å²) in [6, 6.07) is -0.177. The van der Waals surface area contributed by atoms with Crippen LogP contribution in [-0.4, -0.2) is 37.2 Å². The van der Waals surface area contributed by atoms with E-state index < -0.39 is 0 Å². The molecule has 0 bridgehead atoms. The normalized spacial score (nSPS) is 11.8. The highest BCUT2D eigenvalue weighted by Crippen LogP contribution is 2.28. The summed E-state index contributed by atoms with van der Waals surface area (Å²) in [6.45, 7) is 22.2. The molecule has 146 valence electrons. The second kappa shape index (κ2) is 17.1. The van der Waals surface area contributed by atoms with Crippen LogP contribution in [0, 0.1) is 11.3 Å². The highest BCUT2D eigenvalue weighted by Gasteiger charge is 2.30. The van der Waals surface area contributed by atoms with Crippen molar-refractivity contribution < 1.29 is 9.59 Å². The van der Waals surface area contributed by atoms with Crippen molar-refractivity contribution in [3.63, 3.8) is 0 Å². The molecule has 1 atom stereocenters. The molecule has 0 radical (unpaired) electrons. The van der Waals surface area contributed by atoms with Crippen LogP contribution in [0.25, 0.3) is 0 Å². The van der Waals surface area contributed by atoms with Crippen molar-refractivity contribution in [2.24, 2.45) is 11.3 Å². The van der Waals surface area contributed by atoms with Crippen LogP contribution in [0.3, 0.4) is 0 Å². The number of nitrogens with one attached hydrogen (secondary N) is 2. The van der Waals surface area contributed by atoms with Crippen molar-refractivity contribution in [1.29, 1.82) is 0 Å². The van der Waals surface area contributed by atoms with Crippen LogP contribution in [-0.2, 0) is 9.59 Å². The molecule has 0 saturated carbocycles. The van der Waals surface area contributed by atoms with E-state index in [-0.39, 0.29) is 23.0 Å². The first-order valence-electron chi connectivity index (χ1n) is 9.73. The zero-order valence-electron chi connectivity index (χ0n) is 18.0. The van der Waals surface area contributed by atoms with E-state index >= 15 is 0 Å². The van der Waals surface area contributed by atoms with E-state index in [2.05, 4.69) is 24.5 Å². The maximum Gasteiger partial charge on any atom is 0.150 e. The first kappa shape index (κ1) is 28.1. The minimum Gasteiger partial charge on any atom is -0.317 e. The summed E-state index contributed by atoms with van der Waals surface area (Å²) < 4.78 is 0. The van der Waals surface area contributed by atoms with Crippen molar-refractivity contribution in [1.82, 2.24) is 10.6 Å². The summed E-state index contributed by atoms with van der Waals surface area (Å²) in [7, 11) is 0. The van der Waals surface area contributed by atoms with Crippen LogP contribution < -0.4 is 10.6 Å². The third-order valence-electron chi connectivity index (χ3n) is 4.25. The topological polar surface area (TPSA) is 58.2 Å². The molecule has 1 unspecified atom stereocenters. The van der Waals surface area contributed by atoms with Crippen molar-refractivity contribution in [3.05, 3.63) is 0 Å². The first-order valence-corrected chi connectivity index (χ1v) is 9.73. The highest BCUT2D eigenvalue weighted by molar-refractivity contribution is 5.85. The molecular weight excluding hydrogens is 300 g/mol. The molecule has 0 aliphatic heterocycles. The van der Waals surface area contributed by atoms with E-state index in [1.165, 1.54) is 0 Å². The van der Waals surface area contributed by atoms with E-state index in [1.807, 2.05) is 55.4 Å². The van der Waals surface area contributed by atoms with Gasteiger partial charge in [-0.3, -0.25) is 9.59 Å². The van der Waals surface area contributed by atoms with Crippen LogP contribution >= 0.6 is 0 Å². The molecule has 0 aliphatic carbocycles. The number of hydrogen-bond acceptors (Lipinski definition) is 4. The Bertz CT molecular complexity index is 313. The summed E-state index contributed by atoms with van der Waals surface area (Å²) in [5, 5.41) is 6.29. The van der Waals surface area contributed by atoms with Gasteiger partial charge in [-0.2, -0.15) is 0 Å². The lowest BCUT2D eigenvalue weighted by Crippen LogP contribution is -2.38. The molecule has 2 N–H and O–H groups in total. The Morgan fingerprint density at radius 1 is 0.917 bits per heavy atom. The van der Waals surface area contributed by atoms with E-state index in [0.29, 0.717) is 25.3 Å². The molecule has 0 amide bonds. The average Bonchev–Trinajstić information content (AvgIpc) is 2.58. The number of Topliss-reactive ketones (excluding diaryl/α,β-unsaturated/α-hetero) is 2. The lowest BCUT2D eigenvalue weighted by molar-refractivity contribution is -0.129. The maximum absolute atomic E-state index is 12.1. The van der Waals surface area contributed by atoms with Gasteiger partial charge in [0.05, 0.1) is 6.04 Å². The largest absolute Gasteiger partial charge is 0.317 e. The Balaban J connectivity index is -0.00000102. The molecule has 24 heavy (non-hydrogen) atoms.